The largest absolute Gasteiger partial charge is 0.481 e. The van der Waals surface area contributed by atoms with Crippen molar-refractivity contribution in [2.45, 2.75) is 39.2 Å². The predicted octanol–water partition coefficient (Wildman–Crippen LogP) is 5.79. The Morgan fingerprint density at radius 3 is 2.50 bits per heavy atom. The van der Waals surface area contributed by atoms with E-state index in [1.165, 1.54) is 11.1 Å². The molecule has 2 aromatic heterocycles. The lowest BCUT2D eigenvalue weighted by atomic mass is 10.0. The molecule has 3 aromatic carbocycles. The first kappa shape index (κ1) is 25.7. The number of aromatic amines is 1. The molecule has 0 amide bonds. The summed E-state index contributed by atoms with van der Waals surface area (Å²) in [5.74, 6) is -0.833. The van der Waals surface area contributed by atoms with E-state index in [4.69, 9.17) is 32.2 Å². The van der Waals surface area contributed by atoms with E-state index < -0.39 is 5.97 Å². The minimum absolute atomic E-state index is 0.178. The SMILES string of the molecule is CC(=O)O.NCCCn1c(-c2ccc(Cl)cc2)c(-c2nc3cc4c(cc3[nH]c2=O)CCC4)c2ccccc21. The van der Waals surface area contributed by atoms with Gasteiger partial charge in [0.15, 0.2) is 0 Å². The van der Waals surface area contributed by atoms with E-state index in [-0.39, 0.29) is 5.56 Å². The molecule has 0 radical (unpaired) electrons. The van der Waals surface area contributed by atoms with Gasteiger partial charge in [-0.2, -0.15) is 0 Å². The zero-order valence-corrected chi connectivity index (χ0v) is 21.9. The fourth-order valence-corrected chi connectivity index (χ4v) is 5.38. The number of nitrogens with zero attached hydrogens (tertiary/aromatic N) is 2. The van der Waals surface area contributed by atoms with Gasteiger partial charge in [-0.25, -0.2) is 4.98 Å². The highest BCUT2D eigenvalue weighted by atomic mass is 35.5. The summed E-state index contributed by atoms with van der Waals surface area (Å²) in [6, 6.07) is 20.2. The Bertz CT molecular complexity index is 1700. The quantitative estimate of drug-likeness (QED) is 0.267. The number of nitrogens with one attached hydrogen (secondary N) is 1. The summed E-state index contributed by atoms with van der Waals surface area (Å²) >= 11 is 6.20. The molecule has 2 heterocycles. The molecule has 6 rings (SSSR count). The molecule has 0 saturated carbocycles. The van der Waals surface area contributed by atoms with Crippen LogP contribution in [-0.2, 0) is 24.2 Å². The lowest BCUT2D eigenvalue weighted by Gasteiger charge is -2.13. The average molecular weight is 529 g/mol. The van der Waals surface area contributed by atoms with Crippen LogP contribution in [-0.4, -0.2) is 32.2 Å². The molecule has 8 heteroatoms. The van der Waals surface area contributed by atoms with Crippen molar-refractivity contribution >= 4 is 39.5 Å². The van der Waals surface area contributed by atoms with Gasteiger partial charge in [-0.15, -0.1) is 0 Å². The van der Waals surface area contributed by atoms with Gasteiger partial charge in [0, 0.05) is 35.0 Å². The number of benzene rings is 3. The van der Waals surface area contributed by atoms with Crippen molar-refractivity contribution in [2.24, 2.45) is 5.73 Å². The zero-order valence-electron chi connectivity index (χ0n) is 21.1. The molecule has 4 N–H and O–H groups in total. The summed E-state index contributed by atoms with van der Waals surface area (Å²) in [5, 5.41) is 9.09. The van der Waals surface area contributed by atoms with Gasteiger partial charge in [-0.1, -0.05) is 41.9 Å². The van der Waals surface area contributed by atoms with E-state index >= 15 is 0 Å². The van der Waals surface area contributed by atoms with Crippen molar-refractivity contribution in [2.75, 3.05) is 6.54 Å². The fourth-order valence-electron chi connectivity index (χ4n) is 5.26. The lowest BCUT2D eigenvalue weighted by molar-refractivity contribution is -0.134. The molecule has 7 nitrogen and oxygen atoms in total. The first-order chi connectivity index (χ1) is 18.4. The van der Waals surface area contributed by atoms with Crippen LogP contribution in [0.2, 0.25) is 5.02 Å². The molecule has 0 bridgehead atoms. The Labute approximate surface area is 224 Å². The number of carboxylic acids is 1. The summed E-state index contributed by atoms with van der Waals surface area (Å²) in [5.41, 5.74) is 14.3. The number of carbonyl (C=O) groups is 1. The standard InChI is InChI=1S/C28H25ClN4O.C2H4O2/c29-20-11-9-17(10-12-20)27-25(21-7-1-2-8-24(21)33(27)14-4-13-30)26-28(34)32-23-16-19-6-3-5-18(19)15-22(23)31-26;1-2(3)4/h1-2,7-12,15-16H,3-6,13-14,30H2,(H,32,34);1H3,(H,3,4). The zero-order chi connectivity index (χ0) is 26.8. The lowest BCUT2D eigenvalue weighted by Crippen LogP contribution is -2.13. The van der Waals surface area contributed by atoms with Gasteiger partial charge in [-0.05, 0) is 79.3 Å². The third-order valence-electron chi connectivity index (χ3n) is 6.82. The summed E-state index contributed by atoms with van der Waals surface area (Å²) in [7, 11) is 0. The molecule has 1 aliphatic rings. The van der Waals surface area contributed by atoms with E-state index in [0.717, 1.165) is 77.9 Å². The van der Waals surface area contributed by atoms with Crippen LogP contribution in [0.5, 0.6) is 0 Å². The summed E-state index contributed by atoms with van der Waals surface area (Å²) in [4.78, 5) is 30.6. The molecule has 1 aliphatic carbocycles. The number of fused-ring (bicyclic) bond motifs is 3. The first-order valence-corrected chi connectivity index (χ1v) is 13.1. The first-order valence-electron chi connectivity index (χ1n) is 12.7. The molecular weight excluding hydrogens is 500 g/mol. The third kappa shape index (κ3) is 4.95. The van der Waals surface area contributed by atoms with Crippen molar-refractivity contribution in [3.05, 3.63) is 87.2 Å². The molecule has 5 aromatic rings. The maximum absolute atomic E-state index is 13.5. The number of hydrogen-bond donors (Lipinski definition) is 3. The maximum Gasteiger partial charge on any atom is 0.300 e. The number of nitrogens with two attached hydrogens (primary N) is 1. The number of halogens is 1. The number of hydrogen-bond acceptors (Lipinski definition) is 4. The van der Waals surface area contributed by atoms with Crippen molar-refractivity contribution < 1.29 is 9.90 Å². The molecule has 0 saturated heterocycles. The molecule has 38 heavy (non-hydrogen) atoms. The van der Waals surface area contributed by atoms with Gasteiger partial charge < -0.3 is 20.4 Å². The van der Waals surface area contributed by atoms with Crippen LogP contribution in [0.25, 0.3) is 44.5 Å². The van der Waals surface area contributed by atoms with Gasteiger partial charge in [0.2, 0.25) is 0 Å². The minimum Gasteiger partial charge on any atom is -0.481 e. The van der Waals surface area contributed by atoms with Crippen molar-refractivity contribution in [3.63, 3.8) is 0 Å². The van der Waals surface area contributed by atoms with Gasteiger partial charge in [0.1, 0.15) is 5.69 Å². The van der Waals surface area contributed by atoms with E-state index in [0.29, 0.717) is 17.3 Å². The van der Waals surface area contributed by atoms with Gasteiger partial charge >= 0.3 is 0 Å². The Morgan fingerprint density at radius 2 is 1.79 bits per heavy atom. The summed E-state index contributed by atoms with van der Waals surface area (Å²) < 4.78 is 2.26. The second kappa shape index (κ2) is 10.8. The Hall–Kier alpha value is -3.94. The predicted molar refractivity (Wildman–Crippen MR) is 153 cm³/mol. The molecule has 0 atom stereocenters. The number of aliphatic carboxylic acids is 1. The second-order valence-corrected chi connectivity index (χ2v) is 9.90. The molecule has 194 valence electrons. The highest BCUT2D eigenvalue weighted by Crippen LogP contribution is 2.40. The van der Waals surface area contributed by atoms with Crippen molar-refractivity contribution in [3.8, 4) is 22.5 Å². The van der Waals surface area contributed by atoms with E-state index in [1.807, 2.05) is 36.4 Å². The van der Waals surface area contributed by atoms with Crippen LogP contribution >= 0.6 is 11.6 Å². The van der Waals surface area contributed by atoms with Crippen LogP contribution < -0.4 is 11.3 Å². The van der Waals surface area contributed by atoms with Gasteiger partial charge in [0.05, 0.1) is 16.7 Å². The number of H-pyrrole nitrogens is 1. The molecular formula is C30H29ClN4O3. The Kier molecular flexibility index (Phi) is 7.31. The van der Waals surface area contributed by atoms with Crippen LogP contribution in [0.3, 0.4) is 0 Å². The van der Waals surface area contributed by atoms with Crippen LogP contribution in [0.4, 0.5) is 0 Å². The number of carboxylic acid groups (broad SMARTS) is 1. The smallest absolute Gasteiger partial charge is 0.300 e. The molecule has 0 fully saturated rings. The molecule has 0 unspecified atom stereocenters. The van der Waals surface area contributed by atoms with E-state index in [9.17, 15) is 4.79 Å². The minimum atomic E-state index is -0.833. The monoisotopic (exact) mass is 528 g/mol. The highest BCUT2D eigenvalue weighted by Gasteiger charge is 2.24. The maximum atomic E-state index is 13.5. The van der Waals surface area contributed by atoms with Crippen LogP contribution in [0, 0.1) is 0 Å². The van der Waals surface area contributed by atoms with E-state index in [1.54, 1.807) is 0 Å². The number of para-hydroxylation sites is 1. The Morgan fingerprint density at radius 1 is 1.11 bits per heavy atom. The molecule has 0 aliphatic heterocycles. The topological polar surface area (TPSA) is 114 Å². The highest BCUT2D eigenvalue weighted by molar-refractivity contribution is 6.30. The fraction of sp³-hybridized carbons (Fsp3) is 0.233. The summed E-state index contributed by atoms with van der Waals surface area (Å²) in [6.45, 7) is 2.41. The Balaban J connectivity index is 0.000000689. The van der Waals surface area contributed by atoms with Gasteiger partial charge in [0.25, 0.3) is 11.5 Å². The third-order valence-corrected chi connectivity index (χ3v) is 7.07. The normalized spacial score (nSPS) is 12.4. The second-order valence-electron chi connectivity index (χ2n) is 9.47. The number of rotatable bonds is 5. The van der Waals surface area contributed by atoms with E-state index in [2.05, 4.69) is 33.8 Å². The molecule has 0 spiro atoms. The average Bonchev–Trinajstić information content (AvgIpc) is 3.48. The van der Waals surface area contributed by atoms with Gasteiger partial charge in [-0.3, -0.25) is 9.59 Å². The van der Waals surface area contributed by atoms with Crippen LogP contribution in [0.1, 0.15) is 30.9 Å². The van der Waals surface area contributed by atoms with Crippen LogP contribution in [0.15, 0.2) is 65.5 Å². The summed E-state index contributed by atoms with van der Waals surface area (Å²) in [6.07, 6.45) is 4.10. The van der Waals surface area contributed by atoms with Crippen molar-refractivity contribution in [1.29, 1.82) is 0 Å². The van der Waals surface area contributed by atoms with Crippen molar-refractivity contribution in [1.82, 2.24) is 14.5 Å². The number of aryl methyl sites for hydroxylation is 3. The number of aromatic nitrogens is 3.